The molecule has 4 aromatic rings. The van der Waals surface area contributed by atoms with E-state index in [4.69, 9.17) is 0 Å². The van der Waals surface area contributed by atoms with Crippen LogP contribution in [0.15, 0.2) is 48.7 Å². The SMILES string of the molecule is Cc1nc2ccc(NC(=O)NCCc3c[nH]c4ccccc34)cc2nc1C. The number of fused-ring (bicyclic) bond motifs is 2. The van der Waals surface area contributed by atoms with Crippen LogP contribution in [0.4, 0.5) is 10.5 Å². The molecular formula is C21H21N5O. The van der Waals surface area contributed by atoms with E-state index in [9.17, 15) is 4.79 Å². The predicted molar refractivity (Wildman–Crippen MR) is 108 cm³/mol. The van der Waals surface area contributed by atoms with Gasteiger partial charge in [-0.25, -0.2) is 14.8 Å². The fourth-order valence-corrected chi connectivity index (χ4v) is 3.13. The lowest BCUT2D eigenvalue weighted by molar-refractivity contribution is 0.252. The Morgan fingerprint density at radius 2 is 1.81 bits per heavy atom. The Balaban J connectivity index is 1.38. The molecular weight excluding hydrogens is 338 g/mol. The van der Waals surface area contributed by atoms with Gasteiger partial charge in [-0.1, -0.05) is 18.2 Å². The minimum absolute atomic E-state index is 0.231. The third kappa shape index (κ3) is 3.60. The summed E-state index contributed by atoms with van der Waals surface area (Å²) in [4.78, 5) is 24.5. The van der Waals surface area contributed by atoms with E-state index in [1.807, 2.05) is 56.4 Å². The molecule has 0 spiro atoms. The summed E-state index contributed by atoms with van der Waals surface area (Å²) in [7, 11) is 0. The number of anilines is 1. The minimum atomic E-state index is -0.231. The van der Waals surface area contributed by atoms with Crippen molar-refractivity contribution in [3.05, 3.63) is 65.6 Å². The largest absolute Gasteiger partial charge is 0.361 e. The number of carbonyl (C=O) groups excluding carboxylic acids is 1. The minimum Gasteiger partial charge on any atom is -0.361 e. The molecule has 2 aromatic carbocycles. The van der Waals surface area contributed by atoms with Crippen LogP contribution in [-0.2, 0) is 6.42 Å². The van der Waals surface area contributed by atoms with Crippen molar-refractivity contribution in [1.29, 1.82) is 0 Å². The highest BCUT2D eigenvalue weighted by atomic mass is 16.2. The van der Waals surface area contributed by atoms with E-state index < -0.39 is 0 Å². The molecule has 0 saturated carbocycles. The Hall–Kier alpha value is -3.41. The Morgan fingerprint density at radius 1 is 1.04 bits per heavy atom. The second-order valence-electron chi connectivity index (χ2n) is 6.59. The maximum atomic E-state index is 12.2. The van der Waals surface area contributed by atoms with Crippen molar-refractivity contribution in [2.75, 3.05) is 11.9 Å². The summed E-state index contributed by atoms with van der Waals surface area (Å²) < 4.78 is 0. The van der Waals surface area contributed by atoms with E-state index in [0.29, 0.717) is 12.2 Å². The van der Waals surface area contributed by atoms with Crippen LogP contribution < -0.4 is 10.6 Å². The molecule has 2 aromatic heterocycles. The number of carbonyl (C=O) groups is 1. The van der Waals surface area contributed by atoms with Gasteiger partial charge in [-0.2, -0.15) is 0 Å². The van der Waals surface area contributed by atoms with Gasteiger partial charge in [0.25, 0.3) is 0 Å². The topological polar surface area (TPSA) is 82.7 Å². The van der Waals surface area contributed by atoms with Crippen LogP contribution in [0.3, 0.4) is 0 Å². The Labute approximate surface area is 157 Å². The highest BCUT2D eigenvalue weighted by molar-refractivity contribution is 5.92. The second-order valence-corrected chi connectivity index (χ2v) is 6.59. The van der Waals surface area contributed by atoms with Gasteiger partial charge < -0.3 is 15.6 Å². The van der Waals surface area contributed by atoms with Gasteiger partial charge in [0.05, 0.1) is 22.4 Å². The number of urea groups is 1. The van der Waals surface area contributed by atoms with Crippen molar-refractivity contribution in [2.24, 2.45) is 0 Å². The Morgan fingerprint density at radius 3 is 2.67 bits per heavy atom. The highest BCUT2D eigenvalue weighted by Gasteiger charge is 2.07. The van der Waals surface area contributed by atoms with Crippen molar-refractivity contribution in [1.82, 2.24) is 20.3 Å². The van der Waals surface area contributed by atoms with Gasteiger partial charge >= 0.3 is 6.03 Å². The molecule has 2 amide bonds. The van der Waals surface area contributed by atoms with Crippen LogP contribution in [0, 0.1) is 13.8 Å². The lowest BCUT2D eigenvalue weighted by Gasteiger charge is -2.09. The molecule has 0 radical (unpaired) electrons. The van der Waals surface area contributed by atoms with Crippen LogP contribution in [-0.4, -0.2) is 27.5 Å². The summed E-state index contributed by atoms with van der Waals surface area (Å²) in [6.45, 7) is 4.42. The van der Waals surface area contributed by atoms with Gasteiger partial charge in [0.1, 0.15) is 0 Å². The summed E-state index contributed by atoms with van der Waals surface area (Å²) >= 11 is 0. The molecule has 27 heavy (non-hydrogen) atoms. The molecule has 136 valence electrons. The van der Waals surface area contributed by atoms with E-state index in [2.05, 4.69) is 31.7 Å². The van der Waals surface area contributed by atoms with Crippen LogP contribution in [0.25, 0.3) is 21.9 Å². The van der Waals surface area contributed by atoms with Gasteiger partial charge in [-0.05, 0) is 50.1 Å². The van der Waals surface area contributed by atoms with Crippen LogP contribution in [0.5, 0.6) is 0 Å². The van der Waals surface area contributed by atoms with E-state index in [0.717, 1.165) is 34.4 Å². The molecule has 0 saturated heterocycles. The van der Waals surface area contributed by atoms with Crippen molar-refractivity contribution >= 4 is 33.7 Å². The summed E-state index contributed by atoms with van der Waals surface area (Å²) in [5.41, 5.74) is 6.40. The molecule has 0 atom stereocenters. The fraction of sp³-hybridized carbons (Fsp3) is 0.190. The van der Waals surface area contributed by atoms with E-state index in [-0.39, 0.29) is 6.03 Å². The molecule has 0 fully saturated rings. The molecule has 0 unspecified atom stereocenters. The van der Waals surface area contributed by atoms with Crippen molar-refractivity contribution < 1.29 is 4.79 Å². The zero-order chi connectivity index (χ0) is 18.8. The van der Waals surface area contributed by atoms with E-state index >= 15 is 0 Å². The summed E-state index contributed by atoms with van der Waals surface area (Å²) in [5, 5.41) is 6.96. The predicted octanol–water partition coefficient (Wildman–Crippen LogP) is 4.09. The number of aromatic nitrogens is 3. The molecule has 0 aliphatic carbocycles. The number of hydrogen-bond donors (Lipinski definition) is 3. The number of H-pyrrole nitrogens is 1. The number of aryl methyl sites for hydroxylation is 2. The number of nitrogens with one attached hydrogen (secondary N) is 3. The zero-order valence-electron chi connectivity index (χ0n) is 15.3. The van der Waals surface area contributed by atoms with Gasteiger partial charge in [0.2, 0.25) is 0 Å². The van der Waals surface area contributed by atoms with Gasteiger partial charge in [0, 0.05) is 29.3 Å². The van der Waals surface area contributed by atoms with Gasteiger partial charge in [-0.3, -0.25) is 0 Å². The summed E-state index contributed by atoms with van der Waals surface area (Å²) in [5.74, 6) is 0. The number of para-hydroxylation sites is 1. The number of aromatic amines is 1. The number of amides is 2. The molecule has 6 nitrogen and oxygen atoms in total. The second kappa shape index (κ2) is 7.07. The summed E-state index contributed by atoms with van der Waals surface area (Å²) in [6.07, 6.45) is 2.76. The first-order valence-electron chi connectivity index (χ1n) is 8.95. The van der Waals surface area contributed by atoms with E-state index in [1.165, 1.54) is 10.9 Å². The standard InChI is InChI=1S/C21H21N5O/c1-13-14(2)25-20-11-16(7-8-19(20)24-13)26-21(27)22-10-9-15-12-23-18-6-4-3-5-17(15)18/h3-8,11-12,23H,9-10H2,1-2H3,(H2,22,26,27). The maximum absolute atomic E-state index is 12.2. The summed E-state index contributed by atoms with van der Waals surface area (Å²) in [6, 6.07) is 13.5. The number of rotatable bonds is 4. The first-order valence-corrected chi connectivity index (χ1v) is 8.95. The maximum Gasteiger partial charge on any atom is 0.319 e. The number of hydrogen-bond acceptors (Lipinski definition) is 3. The third-order valence-electron chi connectivity index (χ3n) is 4.69. The molecule has 6 heteroatoms. The average molecular weight is 359 g/mol. The molecule has 0 aliphatic rings. The van der Waals surface area contributed by atoms with E-state index in [1.54, 1.807) is 0 Å². The first-order chi connectivity index (χ1) is 13.1. The molecule has 0 aliphatic heterocycles. The van der Waals surface area contributed by atoms with Crippen LogP contribution in [0.1, 0.15) is 17.0 Å². The quantitative estimate of drug-likeness (QED) is 0.513. The molecule has 4 rings (SSSR count). The average Bonchev–Trinajstić information content (AvgIpc) is 3.06. The molecule has 3 N–H and O–H groups in total. The lowest BCUT2D eigenvalue weighted by Crippen LogP contribution is -2.30. The highest BCUT2D eigenvalue weighted by Crippen LogP contribution is 2.19. The Kier molecular flexibility index (Phi) is 4.46. The lowest BCUT2D eigenvalue weighted by atomic mass is 10.1. The van der Waals surface area contributed by atoms with Crippen molar-refractivity contribution in [2.45, 2.75) is 20.3 Å². The normalized spacial score (nSPS) is 11.0. The van der Waals surface area contributed by atoms with Crippen molar-refractivity contribution in [3.8, 4) is 0 Å². The Bertz CT molecular complexity index is 1130. The first kappa shape index (κ1) is 17.0. The third-order valence-corrected chi connectivity index (χ3v) is 4.69. The smallest absolute Gasteiger partial charge is 0.319 e. The monoisotopic (exact) mass is 359 g/mol. The van der Waals surface area contributed by atoms with Crippen molar-refractivity contribution in [3.63, 3.8) is 0 Å². The number of benzene rings is 2. The van der Waals surface area contributed by atoms with Crippen LogP contribution in [0.2, 0.25) is 0 Å². The van der Waals surface area contributed by atoms with Gasteiger partial charge in [0.15, 0.2) is 0 Å². The van der Waals surface area contributed by atoms with Gasteiger partial charge in [-0.15, -0.1) is 0 Å². The zero-order valence-corrected chi connectivity index (χ0v) is 15.3. The molecule has 2 heterocycles. The number of nitrogens with zero attached hydrogens (tertiary/aromatic N) is 2. The van der Waals surface area contributed by atoms with Crippen LogP contribution >= 0.6 is 0 Å². The fourth-order valence-electron chi connectivity index (χ4n) is 3.13. The molecule has 0 bridgehead atoms.